The van der Waals surface area contributed by atoms with E-state index in [1.165, 1.54) is 17.0 Å². The van der Waals surface area contributed by atoms with Crippen molar-refractivity contribution in [1.82, 2.24) is 14.5 Å². The van der Waals surface area contributed by atoms with Crippen molar-refractivity contribution in [3.8, 4) is 0 Å². The lowest BCUT2D eigenvalue weighted by Gasteiger charge is -2.16. The fourth-order valence-electron chi connectivity index (χ4n) is 2.87. The molecular formula is C18H23N3O6S. The van der Waals surface area contributed by atoms with Gasteiger partial charge >= 0.3 is 12.1 Å². The van der Waals surface area contributed by atoms with Gasteiger partial charge in [0.25, 0.3) is 15.9 Å². The Morgan fingerprint density at radius 1 is 1.25 bits per heavy atom. The van der Waals surface area contributed by atoms with Crippen molar-refractivity contribution < 1.29 is 27.9 Å². The lowest BCUT2D eigenvalue weighted by atomic mass is 10.1. The van der Waals surface area contributed by atoms with Crippen LogP contribution in [0.1, 0.15) is 25.8 Å². The van der Waals surface area contributed by atoms with Crippen LogP contribution in [0.25, 0.3) is 0 Å². The highest BCUT2D eigenvalue weighted by Gasteiger charge is 2.31. The molecule has 1 heterocycles. The molecule has 9 nitrogen and oxygen atoms in total. The van der Waals surface area contributed by atoms with Crippen molar-refractivity contribution in [1.29, 1.82) is 0 Å². The third-order valence-electron chi connectivity index (χ3n) is 4.55. The van der Waals surface area contributed by atoms with Crippen LogP contribution in [-0.4, -0.2) is 60.9 Å². The second-order valence-electron chi connectivity index (χ2n) is 6.38. The number of carbonyl (C=O) groups excluding carboxylic acids is 2. The van der Waals surface area contributed by atoms with Crippen LogP contribution in [0.5, 0.6) is 0 Å². The van der Waals surface area contributed by atoms with Crippen LogP contribution in [0.2, 0.25) is 0 Å². The molecule has 152 valence electrons. The van der Waals surface area contributed by atoms with E-state index in [1.54, 1.807) is 12.1 Å². The average molecular weight is 409 g/mol. The van der Waals surface area contributed by atoms with Gasteiger partial charge in [-0.3, -0.25) is 9.69 Å². The number of nitrogens with one attached hydrogen (secondary N) is 1. The first-order chi connectivity index (χ1) is 13.1. The Labute approximate surface area is 163 Å². The van der Waals surface area contributed by atoms with Gasteiger partial charge in [-0.2, -0.15) is 0 Å². The van der Waals surface area contributed by atoms with Gasteiger partial charge in [0.15, 0.2) is 0 Å². The van der Waals surface area contributed by atoms with E-state index in [0.29, 0.717) is 18.4 Å². The van der Waals surface area contributed by atoms with Crippen molar-refractivity contribution in [2.24, 2.45) is 0 Å². The lowest BCUT2D eigenvalue weighted by molar-refractivity contribution is -0.123. The maximum Gasteiger partial charge on any atom is 0.421 e. The van der Waals surface area contributed by atoms with Crippen molar-refractivity contribution >= 4 is 28.1 Å². The summed E-state index contributed by atoms with van der Waals surface area (Å²) in [7, 11) is -3.14. The van der Waals surface area contributed by atoms with E-state index >= 15 is 0 Å². The molecule has 4 amide bonds. The fraction of sp³-hybridized carbons (Fsp3) is 0.389. The number of urea groups is 1. The molecule has 0 spiro atoms. The maximum absolute atomic E-state index is 12.2. The molecule has 1 aromatic carbocycles. The number of benzene rings is 1. The van der Waals surface area contributed by atoms with Gasteiger partial charge in [0, 0.05) is 19.2 Å². The summed E-state index contributed by atoms with van der Waals surface area (Å²) in [4.78, 5) is 36.3. The zero-order valence-corrected chi connectivity index (χ0v) is 16.7. The Balaban J connectivity index is 1.92. The average Bonchev–Trinajstić information content (AvgIpc) is 2.94. The number of imide groups is 1. The van der Waals surface area contributed by atoms with Crippen molar-refractivity contribution in [2.75, 3.05) is 20.1 Å². The topological polar surface area (TPSA) is 124 Å². The Morgan fingerprint density at radius 3 is 2.36 bits per heavy atom. The summed E-state index contributed by atoms with van der Waals surface area (Å²) in [5.41, 5.74) is 2.32. The summed E-state index contributed by atoms with van der Waals surface area (Å²) >= 11 is 0. The minimum absolute atomic E-state index is 0.138. The minimum atomic E-state index is -4.10. The van der Waals surface area contributed by atoms with E-state index in [0.717, 1.165) is 18.2 Å². The third kappa shape index (κ3) is 4.33. The summed E-state index contributed by atoms with van der Waals surface area (Å²) in [6, 6.07) is 5.27. The normalized spacial score (nSPS) is 14.4. The summed E-state index contributed by atoms with van der Waals surface area (Å²) in [6.07, 6.45) is -0.560. The van der Waals surface area contributed by atoms with Crippen LogP contribution >= 0.6 is 0 Å². The predicted molar refractivity (Wildman–Crippen MR) is 101 cm³/mol. The van der Waals surface area contributed by atoms with E-state index < -0.39 is 22.1 Å². The molecule has 0 radical (unpaired) electrons. The number of carboxylic acid groups (broad SMARTS) is 1. The molecule has 28 heavy (non-hydrogen) atoms. The summed E-state index contributed by atoms with van der Waals surface area (Å²) in [5, 5.41) is 11.5. The number of carbonyl (C=O) groups is 3. The van der Waals surface area contributed by atoms with Gasteiger partial charge in [-0.1, -0.05) is 19.1 Å². The largest absolute Gasteiger partial charge is 0.464 e. The number of nitrogens with zero attached hydrogens (tertiary/aromatic N) is 2. The smallest absolute Gasteiger partial charge is 0.421 e. The summed E-state index contributed by atoms with van der Waals surface area (Å²) in [5.74, 6) is -0.269. The number of hydrogen-bond donors (Lipinski definition) is 2. The standard InChI is InChI=1S/C18H23N3O6S/c1-4-15-12(2)11-21(16(15)22)17(23)19-10-9-13-5-7-14(8-6-13)28(26,27)20(3)18(24)25/h5-8H,4,9-11H2,1-3H3,(H,19,23)(H,24,25). The van der Waals surface area contributed by atoms with Gasteiger partial charge in [-0.25, -0.2) is 22.3 Å². The predicted octanol–water partition coefficient (Wildman–Crippen LogP) is 1.81. The first-order valence-electron chi connectivity index (χ1n) is 8.68. The zero-order valence-electron chi connectivity index (χ0n) is 15.9. The molecule has 10 heteroatoms. The molecule has 0 fully saturated rings. The fourth-order valence-corrected chi connectivity index (χ4v) is 3.87. The molecule has 0 aromatic heterocycles. The van der Waals surface area contributed by atoms with Gasteiger partial charge in [0.1, 0.15) is 0 Å². The molecule has 1 aromatic rings. The SMILES string of the molecule is CCC1=C(C)CN(C(=O)NCCc2ccc(S(=O)(=O)N(C)C(=O)O)cc2)C1=O. The molecule has 2 rings (SSSR count). The van der Waals surface area contributed by atoms with Gasteiger partial charge in [0.2, 0.25) is 0 Å². The van der Waals surface area contributed by atoms with Crippen LogP contribution in [0.15, 0.2) is 40.3 Å². The van der Waals surface area contributed by atoms with Crippen LogP contribution in [0, 0.1) is 0 Å². The van der Waals surface area contributed by atoms with Crippen molar-refractivity contribution in [2.45, 2.75) is 31.6 Å². The summed E-state index contributed by atoms with van der Waals surface area (Å²) < 4.78 is 24.4. The Morgan fingerprint density at radius 2 is 1.86 bits per heavy atom. The molecule has 0 unspecified atom stereocenters. The van der Waals surface area contributed by atoms with E-state index in [2.05, 4.69) is 5.32 Å². The van der Waals surface area contributed by atoms with Gasteiger partial charge < -0.3 is 10.4 Å². The molecule has 0 bridgehead atoms. The molecule has 0 aliphatic carbocycles. The monoisotopic (exact) mass is 409 g/mol. The zero-order chi connectivity index (χ0) is 21.1. The van der Waals surface area contributed by atoms with Crippen molar-refractivity contribution in [3.63, 3.8) is 0 Å². The molecule has 1 aliphatic rings. The Bertz CT molecular complexity index is 921. The molecule has 2 N–H and O–H groups in total. The second kappa shape index (κ2) is 8.42. The van der Waals surface area contributed by atoms with Gasteiger partial charge in [-0.15, -0.1) is 0 Å². The highest BCUT2D eigenvalue weighted by Crippen LogP contribution is 2.21. The van der Waals surface area contributed by atoms with Crippen LogP contribution in [0.4, 0.5) is 9.59 Å². The highest BCUT2D eigenvalue weighted by atomic mass is 32.2. The molecule has 0 saturated carbocycles. The molecule has 0 saturated heterocycles. The minimum Gasteiger partial charge on any atom is -0.464 e. The van der Waals surface area contributed by atoms with Crippen LogP contribution in [-0.2, 0) is 21.2 Å². The number of amides is 4. The second-order valence-corrected chi connectivity index (χ2v) is 8.35. The quantitative estimate of drug-likeness (QED) is 0.738. The van der Waals surface area contributed by atoms with E-state index in [4.69, 9.17) is 5.11 Å². The molecule has 0 atom stereocenters. The first-order valence-corrected chi connectivity index (χ1v) is 10.1. The lowest BCUT2D eigenvalue weighted by Crippen LogP contribution is -2.42. The van der Waals surface area contributed by atoms with Gasteiger partial charge in [0.05, 0.1) is 11.4 Å². The summed E-state index contributed by atoms with van der Waals surface area (Å²) in [6.45, 7) is 4.26. The Kier molecular flexibility index (Phi) is 6.45. The number of rotatable bonds is 6. The Hall–Kier alpha value is -2.88. The van der Waals surface area contributed by atoms with Crippen LogP contribution < -0.4 is 5.32 Å². The van der Waals surface area contributed by atoms with E-state index in [1.807, 2.05) is 13.8 Å². The molecule has 1 aliphatic heterocycles. The number of sulfonamides is 1. The van der Waals surface area contributed by atoms with E-state index in [-0.39, 0.29) is 28.2 Å². The highest BCUT2D eigenvalue weighted by molar-refractivity contribution is 7.89. The van der Waals surface area contributed by atoms with Crippen molar-refractivity contribution in [3.05, 3.63) is 41.0 Å². The molecular weight excluding hydrogens is 386 g/mol. The van der Waals surface area contributed by atoms with Gasteiger partial charge in [-0.05, 0) is 43.0 Å². The number of hydrogen-bond acceptors (Lipinski definition) is 5. The maximum atomic E-state index is 12.2. The first kappa shape index (κ1) is 21.4. The van der Waals surface area contributed by atoms with Crippen LogP contribution in [0.3, 0.4) is 0 Å². The third-order valence-corrected chi connectivity index (χ3v) is 6.30. The van der Waals surface area contributed by atoms with E-state index in [9.17, 15) is 22.8 Å².